The second kappa shape index (κ2) is 6.09. The first-order valence-corrected chi connectivity index (χ1v) is 6.49. The minimum atomic E-state index is -0.101. The summed E-state index contributed by atoms with van der Waals surface area (Å²) in [5.74, 6) is 0.311. The number of benzene rings is 2. The van der Waals surface area contributed by atoms with Gasteiger partial charge in [0.05, 0.1) is 5.02 Å². The van der Waals surface area contributed by atoms with E-state index in [2.05, 4.69) is 0 Å². The van der Waals surface area contributed by atoms with Crippen LogP contribution in [-0.2, 0) is 0 Å². The summed E-state index contributed by atoms with van der Waals surface area (Å²) >= 11 is 11.8. The lowest BCUT2D eigenvalue weighted by Crippen LogP contribution is -2.11. The van der Waals surface area contributed by atoms with Gasteiger partial charge < -0.3 is 4.74 Å². The van der Waals surface area contributed by atoms with Crippen LogP contribution in [0.1, 0.15) is 15.9 Å². The molecule has 19 heavy (non-hydrogen) atoms. The number of ketones is 1. The van der Waals surface area contributed by atoms with Gasteiger partial charge in [-0.05, 0) is 19.1 Å². The molecule has 0 N–H and O–H groups in total. The molecule has 0 aliphatic carbocycles. The molecule has 4 heteroatoms. The molecule has 2 aromatic carbocycles. The topological polar surface area (TPSA) is 26.3 Å². The predicted octanol–water partition coefficient (Wildman–Crippen LogP) is 4.56. The van der Waals surface area contributed by atoms with Gasteiger partial charge in [0.15, 0.2) is 12.4 Å². The van der Waals surface area contributed by atoms with Crippen LogP contribution in [0.4, 0.5) is 0 Å². The molecule has 0 radical (unpaired) electrons. The first-order chi connectivity index (χ1) is 9.06. The number of Topliss-reactive ketones (excluding diaryl/α,β-unsaturated/α-hetero) is 1. The molecule has 0 saturated heterocycles. The lowest BCUT2D eigenvalue weighted by atomic mass is 10.1. The Kier molecular flexibility index (Phi) is 4.46. The lowest BCUT2D eigenvalue weighted by molar-refractivity contribution is 0.0921. The first-order valence-electron chi connectivity index (χ1n) is 5.74. The molecule has 0 aliphatic heterocycles. The molecule has 0 atom stereocenters. The van der Waals surface area contributed by atoms with Crippen LogP contribution >= 0.6 is 23.2 Å². The molecule has 0 aromatic heterocycles. The Morgan fingerprint density at radius 1 is 1.11 bits per heavy atom. The summed E-state index contributed by atoms with van der Waals surface area (Å²) in [4.78, 5) is 11.9. The summed E-state index contributed by atoms with van der Waals surface area (Å²) in [5.41, 5.74) is 1.72. The average molecular weight is 295 g/mol. The van der Waals surface area contributed by atoms with Gasteiger partial charge in [-0.3, -0.25) is 4.79 Å². The van der Waals surface area contributed by atoms with E-state index in [0.717, 1.165) is 5.56 Å². The van der Waals surface area contributed by atoms with E-state index in [0.29, 0.717) is 21.4 Å². The molecule has 2 rings (SSSR count). The SMILES string of the molecule is Cc1ccc(C(=O)COc2cc(Cl)ccc2Cl)cc1. The van der Waals surface area contributed by atoms with E-state index in [1.165, 1.54) is 0 Å². The fourth-order valence-corrected chi connectivity index (χ4v) is 1.89. The summed E-state index contributed by atoms with van der Waals surface area (Å²) < 4.78 is 5.40. The zero-order valence-corrected chi connectivity index (χ0v) is 11.8. The molecule has 98 valence electrons. The maximum absolute atomic E-state index is 11.9. The molecular formula is C15H12Cl2O2. The van der Waals surface area contributed by atoms with Gasteiger partial charge in [0.1, 0.15) is 5.75 Å². The number of rotatable bonds is 4. The van der Waals surface area contributed by atoms with Crippen LogP contribution in [0.25, 0.3) is 0 Å². The normalized spacial score (nSPS) is 10.3. The third-order valence-electron chi connectivity index (χ3n) is 2.63. The van der Waals surface area contributed by atoms with Crippen molar-refractivity contribution in [2.45, 2.75) is 6.92 Å². The Balaban J connectivity index is 2.04. The van der Waals surface area contributed by atoms with Gasteiger partial charge in [-0.1, -0.05) is 53.0 Å². The van der Waals surface area contributed by atoms with Crippen LogP contribution < -0.4 is 4.74 Å². The van der Waals surface area contributed by atoms with Crippen molar-refractivity contribution in [3.05, 3.63) is 63.6 Å². The number of carbonyl (C=O) groups excluding carboxylic acids is 1. The third kappa shape index (κ3) is 3.72. The largest absolute Gasteiger partial charge is 0.484 e. The zero-order chi connectivity index (χ0) is 13.8. The smallest absolute Gasteiger partial charge is 0.200 e. The summed E-state index contributed by atoms with van der Waals surface area (Å²) in [6, 6.07) is 12.2. The number of carbonyl (C=O) groups is 1. The van der Waals surface area contributed by atoms with Crippen LogP contribution in [-0.4, -0.2) is 12.4 Å². The van der Waals surface area contributed by atoms with Crippen molar-refractivity contribution in [3.63, 3.8) is 0 Å². The van der Waals surface area contributed by atoms with E-state index in [1.54, 1.807) is 30.3 Å². The van der Waals surface area contributed by atoms with Crippen molar-refractivity contribution in [1.29, 1.82) is 0 Å². The minimum Gasteiger partial charge on any atom is -0.484 e. The fraction of sp³-hybridized carbons (Fsp3) is 0.133. The standard InChI is InChI=1S/C15H12Cl2O2/c1-10-2-4-11(5-3-10)14(18)9-19-15-8-12(16)6-7-13(15)17/h2-8H,9H2,1H3. The minimum absolute atomic E-state index is 0.0663. The Labute approximate surface area is 121 Å². The highest BCUT2D eigenvalue weighted by molar-refractivity contribution is 6.34. The van der Waals surface area contributed by atoms with Gasteiger partial charge in [-0.25, -0.2) is 0 Å². The highest BCUT2D eigenvalue weighted by Gasteiger charge is 2.08. The van der Waals surface area contributed by atoms with Crippen molar-refractivity contribution in [2.24, 2.45) is 0 Å². The van der Waals surface area contributed by atoms with Crippen LogP contribution in [0, 0.1) is 6.92 Å². The summed E-state index contributed by atoms with van der Waals surface area (Å²) in [7, 11) is 0. The molecular weight excluding hydrogens is 283 g/mol. The van der Waals surface area contributed by atoms with Gasteiger partial charge in [-0.2, -0.15) is 0 Å². The molecule has 0 bridgehead atoms. The first kappa shape index (κ1) is 13.9. The number of hydrogen-bond donors (Lipinski definition) is 0. The van der Waals surface area contributed by atoms with Gasteiger partial charge >= 0.3 is 0 Å². The van der Waals surface area contributed by atoms with Crippen molar-refractivity contribution < 1.29 is 9.53 Å². The Hall–Kier alpha value is -1.51. The van der Waals surface area contributed by atoms with E-state index < -0.39 is 0 Å². The van der Waals surface area contributed by atoms with Gasteiger partial charge in [-0.15, -0.1) is 0 Å². The van der Waals surface area contributed by atoms with Crippen molar-refractivity contribution >= 4 is 29.0 Å². The lowest BCUT2D eigenvalue weighted by Gasteiger charge is -2.08. The molecule has 2 nitrogen and oxygen atoms in total. The molecule has 0 fully saturated rings. The molecule has 0 spiro atoms. The third-order valence-corrected chi connectivity index (χ3v) is 3.17. The summed E-state index contributed by atoms with van der Waals surface area (Å²) in [6.07, 6.45) is 0. The van der Waals surface area contributed by atoms with E-state index in [1.807, 2.05) is 19.1 Å². The monoisotopic (exact) mass is 294 g/mol. The molecule has 0 amide bonds. The molecule has 2 aromatic rings. The fourth-order valence-electron chi connectivity index (χ4n) is 1.55. The summed E-state index contributed by atoms with van der Waals surface area (Å²) in [6.45, 7) is 1.90. The van der Waals surface area contributed by atoms with Crippen LogP contribution in [0.2, 0.25) is 10.0 Å². The average Bonchev–Trinajstić information content (AvgIpc) is 2.40. The molecule has 0 aliphatic rings. The van der Waals surface area contributed by atoms with Crippen molar-refractivity contribution in [1.82, 2.24) is 0 Å². The van der Waals surface area contributed by atoms with Gasteiger partial charge in [0.2, 0.25) is 0 Å². The summed E-state index contributed by atoms with van der Waals surface area (Å²) in [5, 5.41) is 0.947. The number of hydrogen-bond acceptors (Lipinski definition) is 2. The highest BCUT2D eigenvalue weighted by atomic mass is 35.5. The molecule has 0 saturated carbocycles. The van der Waals surface area contributed by atoms with Crippen molar-refractivity contribution in [2.75, 3.05) is 6.61 Å². The highest BCUT2D eigenvalue weighted by Crippen LogP contribution is 2.27. The van der Waals surface area contributed by atoms with Crippen LogP contribution in [0.5, 0.6) is 5.75 Å². The second-order valence-electron chi connectivity index (χ2n) is 4.15. The quantitative estimate of drug-likeness (QED) is 0.773. The molecule has 0 unspecified atom stereocenters. The van der Waals surface area contributed by atoms with Crippen molar-refractivity contribution in [3.8, 4) is 5.75 Å². The molecule has 0 heterocycles. The van der Waals surface area contributed by atoms with E-state index >= 15 is 0 Å². The zero-order valence-electron chi connectivity index (χ0n) is 10.3. The number of halogens is 2. The second-order valence-corrected chi connectivity index (χ2v) is 5.00. The van der Waals surface area contributed by atoms with Gasteiger partial charge in [0.25, 0.3) is 0 Å². The van der Waals surface area contributed by atoms with E-state index in [4.69, 9.17) is 27.9 Å². The predicted molar refractivity (Wildman–Crippen MR) is 77.5 cm³/mol. The van der Waals surface area contributed by atoms with Crippen LogP contribution in [0.3, 0.4) is 0 Å². The Bertz CT molecular complexity index is 592. The van der Waals surface area contributed by atoms with Gasteiger partial charge in [0, 0.05) is 16.7 Å². The maximum Gasteiger partial charge on any atom is 0.200 e. The van der Waals surface area contributed by atoms with E-state index in [9.17, 15) is 4.79 Å². The number of aryl methyl sites for hydroxylation is 1. The maximum atomic E-state index is 11.9. The van der Waals surface area contributed by atoms with Crippen LogP contribution in [0.15, 0.2) is 42.5 Å². The van der Waals surface area contributed by atoms with E-state index in [-0.39, 0.29) is 12.4 Å². The Morgan fingerprint density at radius 3 is 2.47 bits per heavy atom. The number of ether oxygens (including phenoxy) is 1. The Morgan fingerprint density at radius 2 is 1.79 bits per heavy atom.